The van der Waals surface area contributed by atoms with E-state index < -0.39 is 7.12 Å². The Morgan fingerprint density at radius 2 is 1.58 bits per heavy atom. The Morgan fingerprint density at radius 3 is 2.23 bits per heavy atom. The zero-order valence-corrected chi connectivity index (χ0v) is 14.8. The molecule has 0 fully saturated rings. The number of hydrogen-bond acceptors (Lipinski definition) is 5. The van der Waals surface area contributed by atoms with Crippen LogP contribution in [0.4, 0.5) is 0 Å². The summed E-state index contributed by atoms with van der Waals surface area (Å²) in [4.78, 5) is 19.8. The molecular weight excluding hydrogens is 347 g/mol. The highest BCUT2D eigenvalue weighted by Crippen LogP contribution is 2.25. The molecule has 0 radical (unpaired) electrons. The minimum Gasteiger partial charge on any atom is -0.423 e. The van der Waals surface area contributed by atoms with Crippen molar-refractivity contribution in [1.82, 2.24) is 9.97 Å². The van der Waals surface area contributed by atoms with E-state index in [2.05, 4.69) is 9.97 Å². The van der Waals surface area contributed by atoms with Gasteiger partial charge < -0.3 is 15.0 Å². The standard InChI is InChI=1S/C19H17BN2O3S/c23-19-16-11-26-10-9-17(16)21-18(22-19)14-3-1-12(2-4-14)13-5-7-15(8-6-13)20(24)25/h1-8,24-25H,9-11H2,(H,21,22,23). The molecule has 2 heterocycles. The van der Waals surface area contributed by atoms with E-state index in [0.717, 1.165) is 45.9 Å². The van der Waals surface area contributed by atoms with Crippen molar-refractivity contribution in [2.75, 3.05) is 5.75 Å². The Bertz CT molecular complexity index is 985. The highest BCUT2D eigenvalue weighted by atomic mass is 32.2. The van der Waals surface area contributed by atoms with Crippen molar-refractivity contribution in [1.29, 1.82) is 0 Å². The smallest absolute Gasteiger partial charge is 0.423 e. The summed E-state index contributed by atoms with van der Waals surface area (Å²) in [6.07, 6.45) is 0.831. The third-order valence-corrected chi connectivity index (χ3v) is 5.52. The summed E-state index contributed by atoms with van der Waals surface area (Å²) in [5, 5.41) is 18.3. The first-order valence-electron chi connectivity index (χ1n) is 8.38. The summed E-state index contributed by atoms with van der Waals surface area (Å²) in [6, 6.07) is 14.9. The molecule has 26 heavy (non-hydrogen) atoms. The molecular formula is C19H17BN2O3S. The van der Waals surface area contributed by atoms with E-state index >= 15 is 0 Å². The number of aromatic amines is 1. The predicted molar refractivity (Wildman–Crippen MR) is 105 cm³/mol. The average Bonchev–Trinajstić information content (AvgIpc) is 2.68. The van der Waals surface area contributed by atoms with Gasteiger partial charge in [-0.2, -0.15) is 11.8 Å². The molecule has 0 saturated heterocycles. The van der Waals surface area contributed by atoms with Gasteiger partial charge in [0.25, 0.3) is 5.56 Å². The van der Waals surface area contributed by atoms with Gasteiger partial charge in [-0.15, -0.1) is 0 Å². The van der Waals surface area contributed by atoms with Gasteiger partial charge in [0.1, 0.15) is 5.82 Å². The maximum absolute atomic E-state index is 12.3. The van der Waals surface area contributed by atoms with E-state index in [1.807, 2.05) is 36.4 Å². The minimum absolute atomic E-state index is 0.0422. The molecule has 0 unspecified atom stereocenters. The Hall–Kier alpha value is -2.35. The van der Waals surface area contributed by atoms with Crippen LogP contribution in [0.3, 0.4) is 0 Å². The Kier molecular flexibility index (Phi) is 4.67. The van der Waals surface area contributed by atoms with Gasteiger partial charge in [0.15, 0.2) is 0 Å². The lowest BCUT2D eigenvalue weighted by atomic mass is 9.80. The molecule has 0 atom stereocenters. The first-order chi connectivity index (χ1) is 12.6. The van der Waals surface area contributed by atoms with Gasteiger partial charge in [0.05, 0.1) is 5.69 Å². The van der Waals surface area contributed by atoms with Gasteiger partial charge in [-0.25, -0.2) is 4.98 Å². The molecule has 3 aromatic rings. The quantitative estimate of drug-likeness (QED) is 0.615. The largest absolute Gasteiger partial charge is 0.488 e. The number of rotatable bonds is 3. The van der Waals surface area contributed by atoms with Crippen molar-refractivity contribution < 1.29 is 10.0 Å². The fourth-order valence-corrected chi connectivity index (χ4v) is 4.03. The van der Waals surface area contributed by atoms with Crippen molar-refractivity contribution in [3.63, 3.8) is 0 Å². The number of aryl methyl sites for hydroxylation is 1. The summed E-state index contributed by atoms with van der Waals surface area (Å²) in [6.45, 7) is 0. The number of nitrogens with one attached hydrogen (secondary N) is 1. The molecule has 0 spiro atoms. The van der Waals surface area contributed by atoms with Gasteiger partial charge in [-0.05, 0) is 28.8 Å². The fraction of sp³-hybridized carbons (Fsp3) is 0.158. The second-order valence-corrected chi connectivity index (χ2v) is 7.32. The minimum atomic E-state index is -1.46. The molecule has 1 aromatic heterocycles. The lowest BCUT2D eigenvalue weighted by Gasteiger charge is -2.14. The van der Waals surface area contributed by atoms with Crippen LogP contribution >= 0.6 is 11.8 Å². The zero-order valence-electron chi connectivity index (χ0n) is 14.0. The van der Waals surface area contributed by atoms with Crippen molar-refractivity contribution in [2.24, 2.45) is 0 Å². The van der Waals surface area contributed by atoms with E-state index in [1.54, 1.807) is 23.9 Å². The third kappa shape index (κ3) is 3.33. The molecule has 130 valence electrons. The second-order valence-electron chi connectivity index (χ2n) is 6.22. The number of benzene rings is 2. The van der Waals surface area contributed by atoms with Crippen LogP contribution in [0, 0.1) is 0 Å². The number of H-pyrrole nitrogens is 1. The first-order valence-corrected chi connectivity index (χ1v) is 9.54. The maximum Gasteiger partial charge on any atom is 0.488 e. The lowest BCUT2D eigenvalue weighted by Crippen LogP contribution is -2.29. The van der Waals surface area contributed by atoms with Crippen LogP contribution in [0.25, 0.3) is 22.5 Å². The van der Waals surface area contributed by atoms with E-state index in [4.69, 9.17) is 0 Å². The summed E-state index contributed by atoms with van der Waals surface area (Å²) in [5.41, 5.74) is 4.97. The molecule has 0 saturated carbocycles. The summed E-state index contributed by atoms with van der Waals surface area (Å²) >= 11 is 1.76. The number of aromatic nitrogens is 2. The van der Waals surface area contributed by atoms with E-state index in [1.165, 1.54) is 0 Å². The van der Waals surface area contributed by atoms with Crippen LogP contribution in [0.2, 0.25) is 0 Å². The van der Waals surface area contributed by atoms with Crippen LogP contribution in [-0.2, 0) is 12.2 Å². The highest BCUT2D eigenvalue weighted by molar-refractivity contribution is 7.98. The molecule has 0 bridgehead atoms. The number of nitrogens with zero attached hydrogens (tertiary/aromatic N) is 1. The zero-order chi connectivity index (χ0) is 18.1. The third-order valence-electron chi connectivity index (χ3n) is 4.53. The maximum atomic E-state index is 12.3. The molecule has 0 aliphatic carbocycles. The van der Waals surface area contributed by atoms with Crippen molar-refractivity contribution in [2.45, 2.75) is 12.2 Å². The molecule has 0 amide bonds. The highest BCUT2D eigenvalue weighted by Gasteiger charge is 2.16. The van der Waals surface area contributed by atoms with Gasteiger partial charge in [0, 0.05) is 16.9 Å². The van der Waals surface area contributed by atoms with Crippen LogP contribution < -0.4 is 11.0 Å². The number of hydrogen-bond donors (Lipinski definition) is 3. The van der Waals surface area contributed by atoms with E-state index in [-0.39, 0.29) is 5.56 Å². The van der Waals surface area contributed by atoms with Gasteiger partial charge in [-0.1, -0.05) is 48.5 Å². The van der Waals surface area contributed by atoms with Crippen molar-refractivity contribution in [3.05, 3.63) is 70.1 Å². The Morgan fingerprint density at radius 1 is 0.962 bits per heavy atom. The molecule has 1 aliphatic heterocycles. The Labute approximate surface area is 155 Å². The van der Waals surface area contributed by atoms with Crippen molar-refractivity contribution >= 4 is 24.3 Å². The predicted octanol–water partition coefficient (Wildman–Crippen LogP) is 1.57. The Balaban J connectivity index is 1.64. The van der Waals surface area contributed by atoms with Crippen LogP contribution in [-0.4, -0.2) is 32.9 Å². The normalized spacial score (nSPS) is 13.3. The molecule has 3 N–H and O–H groups in total. The SMILES string of the molecule is O=c1[nH]c(-c2ccc(-c3ccc(B(O)O)cc3)cc2)nc2c1CSCC2. The van der Waals surface area contributed by atoms with Crippen molar-refractivity contribution in [3.8, 4) is 22.5 Å². The monoisotopic (exact) mass is 364 g/mol. The van der Waals surface area contributed by atoms with Crippen LogP contribution in [0.1, 0.15) is 11.3 Å². The molecule has 4 rings (SSSR count). The van der Waals surface area contributed by atoms with Crippen LogP contribution in [0.15, 0.2) is 53.3 Å². The first kappa shape index (κ1) is 17.1. The number of thioether (sulfide) groups is 1. The fourth-order valence-electron chi connectivity index (χ4n) is 3.05. The van der Waals surface area contributed by atoms with Crippen LogP contribution in [0.5, 0.6) is 0 Å². The average molecular weight is 364 g/mol. The second kappa shape index (κ2) is 7.11. The van der Waals surface area contributed by atoms with E-state index in [0.29, 0.717) is 11.3 Å². The van der Waals surface area contributed by atoms with E-state index in [9.17, 15) is 14.8 Å². The van der Waals surface area contributed by atoms with Gasteiger partial charge in [-0.3, -0.25) is 4.79 Å². The summed E-state index contributed by atoms with van der Waals surface area (Å²) in [7, 11) is -1.46. The summed E-state index contributed by atoms with van der Waals surface area (Å²) < 4.78 is 0. The molecule has 2 aromatic carbocycles. The molecule has 5 nitrogen and oxygen atoms in total. The molecule has 1 aliphatic rings. The lowest BCUT2D eigenvalue weighted by molar-refractivity contribution is 0.426. The number of fused-ring (bicyclic) bond motifs is 1. The topological polar surface area (TPSA) is 86.2 Å². The van der Waals surface area contributed by atoms with Gasteiger partial charge in [0.2, 0.25) is 0 Å². The van der Waals surface area contributed by atoms with Gasteiger partial charge >= 0.3 is 7.12 Å². The summed E-state index contributed by atoms with van der Waals surface area (Å²) in [5.74, 6) is 2.33. The molecule has 7 heteroatoms.